The second kappa shape index (κ2) is 10.7. The molecule has 1 atom stereocenters. The third-order valence-corrected chi connectivity index (χ3v) is 6.39. The molecule has 1 aromatic heterocycles. The summed E-state index contributed by atoms with van der Waals surface area (Å²) in [5, 5.41) is 5.34. The van der Waals surface area contributed by atoms with Crippen LogP contribution in [0.2, 0.25) is 0 Å². The molecule has 10 heteroatoms. The topological polar surface area (TPSA) is 96.3 Å². The van der Waals surface area contributed by atoms with Gasteiger partial charge in [0, 0.05) is 38.4 Å². The first-order valence-corrected chi connectivity index (χ1v) is 11.8. The van der Waals surface area contributed by atoms with Gasteiger partial charge in [-0.05, 0) is 54.1 Å². The van der Waals surface area contributed by atoms with Gasteiger partial charge in [-0.3, -0.25) is 14.5 Å². The van der Waals surface area contributed by atoms with Crippen LogP contribution in [0.25, 0.3) is 0 Å². The summed E-state index contributed by atoms with van der Waals surface area (Å²) in [6.07, 6.45) is 1.51. The zero-order valence-corrected chi connectivity index (χ0v) is 19.6. The summed E-state index contributed by atoms with van der Waals surface area (Å²) in [5.41, 5.74) is 1.92. The van der Waals surface area contributed by atoms with Gasteiger partial charge < -0.3 is 29.4 Å². The minimum Gasteiger partial charge on any atom is -0.467 e. The van der Waals surface area contributed by atoms with Gasteiger partial charge >= 0.3 is 11.8 Å². The summed E-state index contributed by atoms with van der Waals surface area (Å²) in [5.74, 6) is 0.205. The van der Waals surface area contributed by atoms with Gasteiger partial charge in [-0.1, -0.05) is 6.07 Å². The molecule has 2 aliphatic rings. The van der Waals surface area contributed by atoms with Gasteiger partial charge in [0.15, 0.2) is 11.5 Å². The standard InChI is InChI=1S/C26H27FN4O5/c27-19-4-6-20(7-5-19)30-9-11-31(12-10-30)22(18-3-8-23-24(14-18)36-17-35-23)16-29-26(33)25(32)28-15-21-2-1-13-34-21/h1-8,13-14,22H,9-12,15-17H2,(H,28,32)(H,29,33)/t22-/m1/s1. The van der Waals surface area contributed by atoms with E-state index in [-0.39, 0.29) is 31.7 Å². The monoisotopic (exact) mass is 494 g/mol. The number of fused-ring (bicyclic) bond motifs is 1. The molecular weight excluding hydrogens is 467 g/mol. The van der Waals surface area contributed by atoms with Crippen LogP contribution in [-0.4, -0.2) is 56.2 Å². The summed E-state index contributed by atoms with van der Waals surface area (Å²) in [6, 6.07) is 15.5. The molecule has 0 unspecified atom stereocenters. The van der Waals surface area contributed by atoms with Crippen LogP contribution in [0, 0.1) is 5.82 Å². The number of rotatable bonds is 7. The van der Waals surface area contributed by atoms with Gasteiger partial charge in [0.1, 0.15) is 11.6 Å². The van der Waals surface area contributed by atoms with Gasteiger partial charge in [-0.15, -0.1) is 0 Å². The first-order chi connectivity index (χ1) is 17.6. The van der Waals surface area contributed by atoms with Crippen LogP contribution in [0.4, 0.5) is 10.1 Å². The molecule has 3 aromatic rings. The molecule has 0 spiro atoms. The Morgan fingerprint density at radius 2 is 1.67 bits per heavy atom. The summed E-state index contributed by atoms with van der Waals surface area (Å²) in [4.78, 5) is 29.3. The fourth-order valence-electron chi connectivity index (χ4n) is 4.45. The van der Waals surface area contributed by atoms with E-state index in [9.17, 15) is 14.0 Å². The predicted octanol–water partition coefficient (Wildman–Crippen LogP) is 2.44. The second-order valence-corrected chi connectivity index (χ2v) is 8.60. The van der Waals surface area contributed by atoms with Crippen molar-refractivity contribution in [1.29, 1.82) is 0 Å². The molecular formula is C26H27FN4O5. The number of hydrogen-bond acceptors (Lipinski definition) is 7. The highest BCUT2D eigenvalue weighted by molar-refractivity contribution is 6.35. The molecule has 5 rings (SSSR count). The fourth-order valence-corrected chi connectivity index (χ4v) is 4.45. The van der Waals surface area contributed by atoms with Crippen molar-refractivity contribution in [2.75, 3.05) is 44.4 Å². The lowest BCUT2D eigenvalue weighted by molar-refractivity contribution is -0.139. The molecule has 1 fully saturated rings. The Labute approximate surface area is 207 Å². The number of anilines is 1. The fraction of sp³-hybridized carbons (Fsp3) is 0.308. The Bertz CT molecular complexity index is 1190. The van der Waals surface area contributed by atoms with Gasteiger partial charge in [-0.25, -0.2) is 4.39 Å². The third kappa shape index (κ3) is 5.44. The number of carbonyl (C=O) groups excluding carboxylic acids is 2. The number of hydrogen-bond donors (Lipinski definition) is 2. The zero-order valence-electron chi connectivity index (χ0n) is 19.6. The minimum absolute atomic E-state index is 0.135. The van der Waals surface area contributed by atoms with Crippen LogP contribution < -0.4 is 25.0 Å². The van der Waals surface area contributed by atoms with E-state index in [0.717, 1.165) is 37.4 Å². The maximum atomic E-state index is 13.3. The van der Waals surface area contributed by atoms with Gasteiger partial charge in [0.25, 0.3) is 0 Å². The third-order valence-electron chi connectivity index (χ3n) is 6.39. The number of furan rings is 1. The Hall–Kier alpha value is -4.05. The van der Waals surface area contributed by atoms with E-state index < -0.39 is 11.8 Å². The maximum Gasteiger partial charge on any atom is 0.309 e. The lowest BCUT2D eigenvalue weighted by Crippen LogP contribution is -2.50. The number of nitrogens with zero attached hydrogens (tertiary/aromatic N) is 2. The molecule has 0 saturated carbocycles. The number of halogens is 1. The minimum atomic E-state index is -0.725. The Balaban J connectivity index is 1.25. The van der Waals surface area contributed by atoms with Crippen molar-refractivity contribution in [3.63, 3.8) is 0 Å². The molecule has 2 N–H and O–H groups in total. The van der Waals surface area contributed by atoms with Crippen molar-refractivity contribution in [2.24, 2.45) is 0 Å². The van der Waals surface area contributed by atoms with Crippen LogP contribution in [0.3, 0.4) is 0 Å². The Morgan fingerprint density at radius 3 is 2.42 bits per heavy atom. The molecule has 2 aromatic carbocycles. The molecule has 0 bridgehead atoms. The lowest BCUT2D eigenvalue weighted by atomic mass is 10.0. The van der Waals surface area contributed by atoms with Crippen molar-refractivity contribution in [3.8, 4) is 11.5 Å². The second-order valence-electron chi connectivity index (χ2n) is 8.60. The maximum absolute atomic E-state index is 13.3. The average molecular weight is 495 g/mol. The van der Waals surface area contributed by atoms with E-state index >= 15 is 0 Å². The van der Waals surface area contributed by atoms with Crippen molar-refractivity contribution in [1.82, 2.24) is 15.5 Å². The first kappa shape index (κ1) is 23.7. The highest BCUT2D eigenvalue weighted by atomic mass is 19.1. The van der Waals surface area contributed by atoms with E-state index in [0.29, 0.717) is 17.3 Å². The van der Waals surface area contributed by atoms with Crippen LogP contribution in [0.5, 0.6) is 11.5 Å². The van der Waals surface area contributed by atoms with E-state index in [1.54, 1.807) is 24.3 Å². The predicted molar refractivity (Wildman–Crippen MR) is 129 cm³/mol. The lowest BCUT2D eigenvalue weighted by Gasteiger charge is -2.40. The smallest absolute Gasteiger partial charge is 0.309 e. The number of carbonyl (C=O) groups is 2. The van der Waals surface area contributed by atoms with E-state index in [1.165, 1.54) is 18.4 Å². The Morgan fingerprint density at radius 1 is 0.917 bits per heavy atom. The summed E-state index contributed by atoms with van der Waals surface area (Å²) in [7, 11) is 0. The molecule has 36 heavy (non-hydrogen) atoms. The van der Waals surface area contributed by atoms with Crippen molar-refractivity contribution in [3.05, 3.63) is 78.0 Å². The summed E-state index contributed by atoms with van der Waals surface area (Å²) in [6.45, 7) is 3.47. The number of ether oxygens (including phenoxy) is 2. The van der Waals surface area contributed by atoms with Crippen molar-refractivity contribution in [2.45, 2.75) is 12.6 Å². The summed E-state index contributed by atoms with van der Waals surface area (Å²) >= 11 is 0. The molecule has 188 valence electrons. The van der Waals surface area contributed by atoms with Crippen LogP contribution in [-0.2, 0) is 16.1 Å². The molecule has 9 nitrogen and oxygen atoms in total. The molecule has 2 aliphatic heterocycles. The zero-order chi connectivity index (χ0) is 24.9. The molecule has 0 aliphatic carbocycles. The van der Waals surface area contributed by atoms with Crippen LogP contribution in [0.1, 0.15) is 17.4 Å². The number of piperazine rings is 1. The van der Waals surface area contributed by atoms with Gasteiger partial charge in [0.05, 0.1) is 18.8 Å². The highest BCUT2D eigenvalue weighted by Gasteiger charge is 2.28. The van der Waals surface area contributed by atoms with E-state index in [4.69, 9.17) is 13.9 Å². The number of benzene rings is 2. The molecule has 3 heterocycles. The van der Waals surface area contributed by atoms with Crippen molar-refractivity contribution < 1.29 is 27.9 Å². The molecule has 2 amide bonds. The van der Waals surface area contributed by atoms with Gasteiger partial charge in [-0.2, -0.15) is 0 Å². The van der Waals surface area contributed by atoms with Crippen molar-refractivity contribution >= 4 is 17.5 Å². The molecule has 1 saturated heterocycles. The Kier molecular flexibility index (Phi) is 7.03. The van der Waals surface area contributed by atoms with E-state index in [2.05, 4.69) is 20.4 Å². The SMILES string of the molecule is O=C(NCc1ccco1)C(=O)NC[C@H](c1ccc2c(c1)OCO2)N1CCN(c2ccc(F)cc2)CC1. The first-order valence-electron chi connectivity index (χ1n) is 11.8. The largest absolute Gasteiger partial charge is 0.467 e. The number of amides is 2. The highest BCUT2D eigenvalue weighted by Crippen LogP contribution is 2.35. The average Bonchev–Trinajstić information content (AvgIpc) is 3.60. The van der Waals surface area contributed by atoms with Crippen LogP contribution in [0.15, 0.2) is 65.3 Å². The van der Waals surface area contributed by atoms with E-state index in [1.807, 2.05) is 18.2 Å². The molecule has 0 radical (unpaired) electrons. The normalized spacial score (nSPS) is 16.0. The van der Waals surface area contributed by atoms with Gasteiger partial charge in [0.2, 0.25) is 6.79 Å². The number of nitrogens with one attached hydrogen (secondary N) is 2. The van der Waals surface area contributed by atoms with Crippen LogP contribution >= 0.6 is 0 Å². The summed E-state index contributed by atoms with van der Waals surface area (Å²) < 4.78 is 29.5. The quantitative estimate of drug-likeness (QED) is 0.487.